The minimum atomic E-state index is -1.81. The molecule has 0 spiro atoms. The first-order valence-electron chi connectivity index (χ1n) is 4.50. The van der Waals surface area contributed by atoms with Gasteiger partial charge >= 0.3 is 0 Å². The van der Waals surface area contributed by atoms with E-state index in [0.29, 0.717) is 4.90 Å². The summed E-state index contributed by atoms with van der Waals surface area (Å²) in [5.74, 6) is -0.0977. The van der Waals surface area contributed by atoms with Gasteiger partial charge in [-0.2, -0.15) is 0 Å². The predicted octanol–water partition coefficient (Wildman–Crippen LogP) is 2.83. The number of aliphatic hydroxyl groups excluding tert-OH is 1. The fourth-order valence-electron chi connectivity index (χ4n) is 1.02. The molecule has 0 bridgehead atoms. The van der Waals surface area contributed by atoms with E-state index in [1.165, 1.54) is 0 Å². The maximum absolute atomic E-state index is 11.8. The van der Waals surface area contributed by atoms with Crippen molar-refractivity contribution in [1.29, 1.82) is 0 Å². The first-order chi connectivity index (χ1) is 7.30. The Morgan fingerprint density at radius 3 is 2.25 bits per heavy atom. The molecule has 1 unspecified atom stereocenters. The summed E-state index contributed by atoms with van der Waals surface area (Å²) in [5, 5.41) is 9.48. The van der Waals surface area contributed by atoms with Crippen molar-refractivity contribution in [2.45, 2.75) is 21.7 Å². The van der Waals surface area contributed by atoms with Crippen LogP contribution in [0.25, 0.3) is 0 Å². The summed E-state index contributed by atoms with van der Waals surface area (Å²) in [6.07, 6.45) is -1.25. The standard InChI is InChI=1S/C10H11Cl3O2S/c1-7-2-4-8(5-3-7)16(15)6-9(14)10(11,12)13/h2-5,9,14H,6H2,1H3/t9-,16?/m1/s1. The molecule has 1 aromatic rings. The number of hydrogen-bond donors (Lipinski definition) is 1. The summed E-state index contributed by atoms with van der Waals surface area (Å²) in [6.45, 7) is 1.93. The Hall–Kier alpha value is 0.200. The number of benzene rings is 1. The van der Waals surface area contributed by atoms with E-state index in [1.54, 1.807) is 12.1 Å². The van der Waals surface area contributed by atoms with Crippen molar-refractivity contribution in [3.05, 3.63) is 29.8 Å². The minimum absolute atomic E-state index is 0.0977. The van der Waals surface area contributed by atoms with Gasteiger partial charge in [0.25, 0.3) is 0 Å². The number of hydrogen-bond acceptors (Lipinski definition) is 2. The van der Waals surface area contributed by atoms with Gasteiger partial charge in [0.1, 0.15) is 6.10 Å². The number of rotatable bonds is 3. The van der Waals surface area contributed by atoms with Crippen LogP contribution in [0.2, 0.25) is 0 Å². The number of alkyl halides is 3. The highest BCUT2D eigenvalue weighted by Crippen LogP contribution is 2.31. The molecule has 0 fully saturated rings. The van der Waals surface area contributed by atoms with Crippen LogP contribution in [0.1, 0.15) is 5.56 Å². The van der Waals surface area contributed by atoms with Gasteiger partial charge in [-0.15, -0.1) is 0 Å². The highest BCUT2D eigenvalue weighted by molar-refractivity contribution is 7.85. The van der Waals surface area contributed by atoms with E-state index >= 15 is 0 Å². The van der Waals surface area contributed by atoms with Crippen molar-refractivity contribution in [3.8, 4) is 0 Å². The summed E-state index contributed by atoms with van der Waals surface area (Å²) in [4.78, 5) is 0.610. The lowest BCUT2D eigenvalue weighted by Gasteiger charge is -2.18. The molecule has 0 aliphatic carbocycles. The third-order valence-corrected chi connectivity index (χ3v) is 4.14. The van der Waals surface area contributed by atoms with Gasteiger partial charge in [-0.05, 0) is 19.1 Å². The molecule has 0 heterocycles. The Kier molecular flexibility index (Phi) is 5.08. The van der Waals surface area contributed by atoms with Gasteiger partial charge in [-0.3, -0.25) is 4.21 Å². The van der Waals surface area contributed by atoms with Crippen LogP contribution in [0.15, 0.2) is 29.2 Å². The molecule has 0 amide bonds. The molecule has 90 valence electrons. The molecule has 6 heteroatoms. The molecule has 1 aromatic carbocycles. The highest BCUT2D eigenvalue weighted by atomic mass is 35.6. The lowest BCUT2D eigenvalue weighted by atomic mass is 10.2. The van der Waals surface area contributed by atoms with Gasteiger partial charge in [0, 0.05) is 4.90 Å². The Morgan fingerprint density at radius 2 is 1.81 bits per heavy atom. The second-order valence-corrected chi connectivity index (χ2v) is 7.25. The van der Waals surface area contributed by atoms with E-state index in [4.69, 9.17) is 34.8 Å². The average molecular weight is 302 g/mol. The van der Waals surface area contributed by atoms with Crippen molar-refractivity contribution < 1.29 is 9.32 Å². The average Bonchev–Trinajstić information content (AvgIpc) is 2.17. The van der Waals surface area contributed by atoms with Crippen LogP contribution in [0.5, 0.6) is 0 Å². The molecule has 2 nitrogen and oxygen atoms in total. The monoisotopic (exact) mass is 300 g/mol. The first kappa shape index (κ1) is 14.3. The molecule has 0 aliphatic rings. The maximum atomic E-state index is 11.8. The van der Waals surface area contributed by atoms with Crippen LogP contribution >= 0.6 is 34.8 Å². The molecule has 2 atom stereocenters. The van der Waals surface area contributed by atoms with Crippen LogP contribution in [0.3, 0.4) is 0 Å². The highest BCUT2D eigenvalue weighted by Gasteiger charge is 2.32. The predicted molar refractivity (Wildman–Crippen MR) is 68.8 cm³/mol. The zero-order valence-corrected chi connectivity index (χ0v) is 11.6. The third-order valence-electron chi connectivity index (χ3n) is 1.97. The summed E-state index contributed by atoms with van der Waals surface area (Å²) in [7, 11) is -1.37. The SMILES string of the molecule is Cc1ccc(S(=O)C[C@@H](O)C(Cl)(Cl)Cl)cc1. The quantitative estimate of drug-likeness (QED) is 0.872. The number of aliphatic hydroxyl groups is 1. The summed E-state index contributed by atoms with van der Waals surface area (Å²) in [5.41, 5.74) is 1.07. The van der Waals surface area contributed by atoms with Gasteiger partial charge in [-0.25, -0.2) is 0 Å². The normalized spacial score (nSPS) is 15.8. The first-order valence-corrected chi connectivity index (χ1v) is 6.96. The van der Waals surface area contributed by atoms with Gasteiger partial charge in [0.2, 0.25) is 3.79 Å². The maximum Gasteiger partial charge on any atom is 0.216 e. The van der Waals surface area contributed by atoms with Gasteiger partial charge in [0.15, 0.2) is 0 Å². The molecule has 16 heavy (non-hydrogen) atoms. The van der Waals surface area contributed by atoms with E-state index in [9.17, 15) is 9.32 Å². The number of aryl methyl sites for hydroxylation is 1. The Balaban J connectivity index is 2.70. The molecule has 0 aliphatic heterocycles. The molecule has 1 N–H and O–H groups in total. The largest absolute Gasteiger partial charge is 0.388 e. The van der Waals surface area contributed by atoms with Crippen LogP contribution in [0.4, 0.5) is 0 Å². The zero-order valence-electron chi connectivity index (χ0n) is 8.49. The Labute approximate surface area is 112 Å². The van der Waals surface area contributed by atoms with Crippen molar-refractivity contribution in [2.24, 2.45) is 0 Å². The van der Waals surface area contributed by atoms with E-state index in [0.717, 1.165) is 5.56 Å². The fourth-order valence-corrected chi connectivity index (χ4v) is 2.70. The Morgan fingerprint density at radius 1 is 1.31 bits per heavy atom. The second kappa shape index (κ2) is 5.69. The lowest BCUT2D eigenvalue weighted by molar-refractivity contribution is 0.203. The molecule has 0 aromatic heterocycles. The summed E-state index contributed by atoms with van der Waals surface area (Å²) < 4.78 is 9.98. The minimum Gasteiger partial charge on any atom is -0.388 e. The third kappa shape index (κ3) is 4.22. The molecule has 1 rings (SSSR count). The fraction of sp³-hybridized carbons (Fsp3) is 0.400. The molecular weight excluding hydrogens is 291 g/mol. The van der Waals surface area contributed by atoms with Crippen molar-refractivity contribution in [1.82, 2.24) is 0 Å². The van der Waals surface area contributed by atoms with Gasteiger partial charge in [0.05, 0.1) is 16.6 Å². The Bertz CT molecular complexity index is 373. The zero-order chi connectivity index (χ0) is 12.3. The van der Waals surface area contributed by atoms with Crippen molar-refractivity contribution >= 4 is 45.6 Å². The van der Waals surface area contributed by atoms with Crippen molar-refractivity contribution in [2.75, 3.05) is 5.75 Å². The molecular formula is C10H11Cl3O2S. The molecule has 0 saturated carbocycles. The van der Waals surface area contributed by atoms with Crippen LogP contribution in [0, 0.1) is 6.92 Å². The van der Waals surface area contributed by atoms with E-state index in [-0.39, 0.29) is 5.75 Å². The lowest BCUT2D eigenvalue weighted by Crippen LogP contribution is -2.30. The van der Waals surface area contributed by atoms with E-state index in [1.807, 2.05) is 19.1 Å². The van der Waals surface area contributed by atoms with Gasteiger partial charge in [-0.1, -0.05) is 52.5 Å². The molecule has 0 saturated heterocycles. The van der Waals surface area contributed by atoms with Crippen LogP contribution in [-0.4, -0.2) is 25.0 Å². The summed E-state index contributed by atoms with van der Waals surface area (Å²) >= 11 is 16.5. The van der Waals surface area contributed by atoms with Crippen LogP contribution in [-0.2, 0) is 10.8 Å². The summed E-state index contributed by atoms with van der Waals surface area (Å²) in [6, 6.07) is 7.15. The molecule has 0 radical (unpaired) electrons. The van der Waals surface area contributed by atoms with Crippen molar-refractivity contribution in [3.63, 3.8) is 0 Å². The van der Waals surface area contributed by atoms with E-state index < -0.39 is 20.7 Å². The second-order valence-electron chi connectivity index (χ2n) is 3.38. The van der Waals surface area contributed by atoms with Gasteiger partial charge < -0.3 is 5.11 Å². The van der Waals surface area contributed by atoms with E-state index in [2.05, 4.69) is 0 Å². The smallest absolute Gasteiger partial charge is 0.216 e. The topological polar surface area (TPSA) is 37.3 Å². The number of halogens is 3. The van der Waals surface area contributed by atoms with Crippen LogP contribution < -0.4 is 0 Å².